The molecule has 1 N–H and O–H groups in total. The molecule has 0 atom stereocenters. The highest BCUT2D eigenvalue weighted by Crippen LogP contribution is 2.36. The van der Waals surface area contributed by atoms with Gasteiger partial charge in [-0.05, 0) is 66.3 Å². The van der Waals surface area contributed by atoms with Gasteiger partial charge in [-0.1, -0.05) is 36.4 Å². The summed E-state index contributed by atoms with van der Waals surface area (Å²) in [6.07, 6.45) is 4.55. The van der Waals surface area contributed by atoms with Gasteiger partial charge in [0.05, 0.1) is 0 Å². The Labute approximate surface area is 125 Å². The fraction of sp³-hybridized carbons (Fsp3) is 0.368. The van der Waals surface area contributed by atoms with Crippen molar-refractivity contribution < 1.29 is 9.50 Å². The van der Waals surface area contributed by atoms with E-state index in [1.165, 1.54) is 11.6 Å². The second kappa shape index (κ2) is 6.40. The first-order valence-electron chi connectivity index (χ1n) is 7.73. The molecule has 1 aliphatic carbocycles. The van der Waals surface area contributed by atoms with Crippen LogP contribution in [0.1, 0.15) is 37.2 Å². The molecule has 2 heteroatoms. The number of hydrogen-bond donors (Lipinski definition) is 1. The molecule has 1 fully saturated rings. The van der Waals surface area contributed by atoms with E-state index in [0.717, 1.165) is 36.8 Å². The van der Waals surface area contributed by atoms with Crippen LogP contribution in [0, 0.1) is 11.7 Å². The molecular formula is C19H21FO. The van der Waals surface area contributed by atoms with Crippen molar-refractivity contribution in [2.45, 2.75) is 31.6 Å². The Morgan fingerprint density at radius 1 is 0.905 bits per heavy atom. The number of aliphatic hydroxyl groups excluding tert-OH is 1. The largest absolute Gasteiger partial charge is 0.396 e. The molecule has 1 aliphatic rings. The monoisotopic (exact) mass is 284 g/mol. The van der Waals surface area contributed by atoms with E-state index in [-0.39, 0.29) is 5.82 Å². The Hall–Kier alpha value is -1.67. The zero-order chi connectivity index (χ0) is 14.7. The molecule has 0 amide bonds. The minimum Gasteiger partial charge on any atom is -0.396 e. The Morgan fingerprint density at radius 3 is 2.24 bits per heavy atom. The van der Waals surface area contributed by atoms with Gasteiger partial charge in [0.2, 0.25) is 0 Å². The Bertz CT molecular complexity index is 583. The van der Waals surface area contributed by atoms with Crippen LogP contribution in [0.5, 0.6) is 0 Å². The lowest BCUT2D eigenvalue weighted by atomic mass is 9.79. The lowest BCUT2D eigenvalue weighted by molar-refractivity contribution is 0.182. The average Bonchev–Trinajstić information content (AvgIpc) is 2.55. The normalized spacial score (nSPS) is 22.2. The van der Waals surface area contributed by atoms with Gasteiger partial charge in [0.1, 0.15) is 5.82 Å². The summed E-state index contributed by atoms with van der Waals surface area (Å²) >= 11 is 0. The molecule has 3 rings (SSSR count). The highest BCUT2D eigenvalue weighted by atomic mass is 19.1. The highest BCUT2D eigenvalue weighted by Gasteiger charge is 2.21. The number of hydrogen-bond acceptors (Lipinski definition) is 1. The number of rotatable bonds is 3. The smallest absolute Gasteiger partial charge is 0.123 e. The third kappa shape index (κ3) is 3.33. The number of aliphatic hydroxyl groups is 1. The van der Waals surface area contributed by atoms with E-state index in [1.54, 1.807) is 12.1 Å². The summed E-state index contributed by atoms with van der Waals surface area (Å²) in [6, 6.07) is 15.2. The number of benzene rings is 2. The molecule has 0 aromatic heterocycles. The molecule has 0 radical (unpaired) electrons. The Morgan fingerprint density at radius 2 is 1.62 bits per heavy atom. The van der Waals surface area contributed by atoms with E-state index in [0.29, 0.717) is 18.4 Å². The summed E-state index contributed by atoms with van der Waals surface area (Å²) < 4.78 is 13.3. The van der Waals surface area contributed by atoms with E-state index in [4.69, 9.17) is 0 Å². The fourth-order valence-electron chi connectivity index (χ4n) is 3.29. The molecule has 0 unspecified atom stereocenters. The predicted octanol–water partition coefficient (Wildman–Crippen LogP) is 4.76. The van der Waals surface area contributed by atoms with Crippen LogP contribution in [-0.4, -0.2) is 11.7 Å². The molecule has 0 saturated heterocycles. The molecule has 110 valence electrons. The lowest BCUT2D eigenvalue weighted by Gasteiger charge is -2.27. The van der Waals surface area contributed by atoms with Crippen molar-refractivity contribution in [1.82, 2.24) is 0 Å². The zero-order valence-electron chi connectivity index (χ0n) is 12.1. The maximum absolute atomic E-state index is 13.3. The van der Waals surface area contributed by atoms with Crippen LogP contribution < -0.4 is 0 Å². The molecule has 2 aromatic carbocycles. The summed E-state index contributed by atoms with van der Waals surface area (Å²) in [5, 5.41) is 9.20. The minimum atomic E-state index is -0.195. The summed E-state index contributed by atoms with van der Waals surface area (Å²) in [5.41, 5.74) is 3.35. The van der Waals surface area contributed by atoms with E-state index >= 15 is 0 Å². The minimum absolute atomic E-state index is 0.195. The molecule has 0 aliphatic heterocycles. The van der Waals surface area contributed by atoms with Crippen LogP contribution in [0.4, 0.5) is 4.39 Å². The first-order valence-corrected chi connectivity index (χ1v) is 7.73. The summed E-state index contributed by atoms with van der Waals surface area (Å²) in [7, 11) is 0. The SMILES string of the molecule is OCC1CCC(c2ccc(-c3cccc(F)c3)cc2)CC1. The van der Waals surface area contributed by atoms with Gasteiger partial charge in [-0.3, -0.25) is 0 Å². The van der Waals surface area contributed by atoms with Gasteiger partial charge in [0.25, 0.3) is 0 Å². The number of halogens is 1. The molecule has 1 saturated carbocycles. The molecule has 0 heterocycles. The molecule has 1 nitrogen and oxygen atoms in total. The van der Waals surface area contributed by atoms with Crippen molar-refractivity contribution in [2.75, 3.05) is 6.61 Å². The standard InChI is InChI=1S/C19H21FO/c20-19-3-1-2-18(12-19)17-10-8-16(9-11-17)15-6-4-14(13-21)5-7-15/h1-3,8-12,14-15,21H,4-7,13H2. The van der Waals surface area contributed by atoms with Crippen LogP contribution >= 0.6 is 0 Å². The van der Waals surface area contributed by atoms with Crippen LogP contribution in [-0.2, 0) is 0 Å². The predicted molar refractivity (Wildman–Crippen MR) is 83.6 cm³/mol. The van der Waals surface area contributed by atoms with Crippen LogP contribution in [0.25, 0.3) is 11.1 Å². The quantitative estimate of drug-likeness (QED) is 0.861. The van der Waals surface area contributed by atoms with Gasteiger partial charge < -0.3 is 5.11 Å². The summed E-state index contributed by atoms with van der Waals surface area (Å²) in [4.78, 5) is 0. The first kappa shape index (κ1) is 14.3. The van der Waals surface area contributed by atoms with Crippen molar-refractivity contribution in [2.24, 2.45) is 5.92 Å². The maximum atomic E-state index is 13.3. The first-order chi connectivity index (χ1) is 10.3. The second-order valence-corrected chi connectivity index (χ2v) is 6.03. The fourth-order valence-corrected chi connectivity index (χ4v) is 3.29. The van der Waals surface area contributed by atoms with Gasteiger partial charge in [0.15, 0.2) is 0 Å². The van der Waals surface area contributed by atoms with Gasteiger partial charge >= 0.3 is 0 Å². The van der Waals surface area contributed by atoms with E-state index < -0.39 is 0 Å². The zero-order valence-corrected chi connectivity index (χ0v) is 12.1. The van der Waals surface area contributed by atoms with Gasteiger partial charge in [-0.2, -0.15) is 0 Å². The maximum Gasteiger partial charge on any atom is 0.123 e. The third-order valence-corrected chi connectivity index (χ3v) is 4.64. The summed E-state index contributed by atoms with van der Waals surface area (Å²) in [6.45, 7) is 0.325. The Balaban J connectivity index is 1.73. The third-order valence-electron chi connectivity index (χ3n) is 4.64. The van der Waals surface area contributed by atoms with Crippen LogP contribution in [0.15, 0.2) is 48.5 Å². The molecule has 21 heavy (non-hydrogen) atoms. The molecule has 2 aromatic rings. The van der Waals surface area contributed by atoms with E-state index in [2.05, 4.69) is 24.3 Å². The van der Waals surface area contributed by atoms with Crippen molar-refractivity contribution in [3.8, 4) is 11.1 Å². The van der Waals surface area contributed by atoms with Crippen molar-refractivity contribution in [1.29, 1.82) is 0 Å². The Kier molecular flexibility index (Phi) is 4.35. The topological polar surface area (TPSA) is 20.2 Å². The molecule has 0 bridgehead atoms. The van der Waals surface area contributed by atoms with Gasteiger partial charge in [0, 0.05) is 6.61 Å². The molecular weight excluding hydrogens is 263 g/mol. The summed E-state index contributed by atoms with van der Waals surface area (Å²) in [5.74, 6) is 0.904. The average molecular weight is 284 g/mol. The second-order valence-electron chi connectivity index (χ2n) is 6.03. The van der Waals surface area contributed by atoms with Crippen molar-refractivity contribution >= 4 is 0 Å². The van der Waals surface area contributed by atoms with E-state index in [9.17, 15) is 9.50 Å². The van der Waals surface area contributed by atoms with Gasteiger partial charge in [-0.15, -0.1) is 0 Å². The van der Waals surface area contributed by atoms with E-state index in [1.807, 2.05) is 6.07 Å². The lowest BCUT2D eigenvalue weighted by Crippen LogP contribution is -2.15. The van der Waals surface area contributed by atoms with Crippen molar-refractivity contribution in [3.63, 3.8) is 0 Å². The van der Waals surface area contributed by atoms with Gasteiger partial charge in [-0.25, -0.2) is 4.39 Å². The van der Waals surface area contributed by atoms with Crippen molar-refractivity contribution in [3.05, 3.63) is 59.9 Å². The van der Waals surface area contributed by atoms with Crippen LogP contribution in [0.3, 0.4) is 0 Å². The molecule has 0 spiro atoms. The van der Waals surface area contributed by atoms with Crippen LogP contribution in [0.2, 0.25) is 0 Å². The highest BCUT2D eigenvalue weighted by molar-refractivity contribution is 5.63.